The van der Waals surface area contributed by atoms with E-state index in [1.165, 1.54) is 5.56 Å². The first kappa shape index (κ1) is 11.5. The Kier molecular flexibility index (Phi) is 6.37. The Hall–Kier alpha value is -0.600. The summed E-state index contributed by atoms with van der Waals surface area (Å²) >= 11 is 3.23. The summed E-state index contributed by atoms with van der Waals surface area (Å²) in [6, 6.07) is 10.2. The molecule has 1 rings (SSSR count). The molecule has 76 valence electrons. The lowest BCUT2D eigenvalue weighted by Crippen LogP contribution is -1.94. The average molecular weight is 255 g/mol. The minimum absolute atomic E-state index is 0.721. The van der Waals surface area contributed by atoms with Crippen molar-refractivity contribution in [1.29, 1.82) is 0 Å². The van der Waals surface area contributed by atoms with Crippen LogP contribution in [0.5, 0.6) is 0 Å². The molecule has 0 N–H and O–H groups in total. The third-order valence-corrected chi connectivity index (χ3v) is 2.23. The maximum Gasteiger partial charge on any atom is 0.0716 e. The van der Waals surface area contributed by atoms with Crippen LogP contribution in [0.2, 0.25) is 0 Å². The van der Waals surface area contributed by atoms with E-state index >= 15 is 0 Å². The van der Waals surface area contributed by atoms with Crippen LogP contribution in [-0.4, -0.2) is 6.61 Å². The van der Waals surface area contributed by atoms with Crippen molar-refractivity contribution in [3.8, 4) is 0 Å². The van der Waals surface area contributed by atoms with Crippen LogP contribution in [0.3, 0.4) is 0 Å². The number of unbranched alkanes of at least 4 members (excludes halogenated alkanes) is 1. The maximum atomic E-state index is 5.52. The molecule has 0 heterocycles. The van der Waals surface area contributed by atoms with Crippen LogP contribution in [-0.2, 0) is 11.3 Å². The predicted octanol–water partition coefficient (Wildman–Crippen LogP) is 3.89. The van der Waals surface area contributed by atoms with E-state index in [1.54, 1.807) is 0 Å². The van der Waals surface area contributed by atoms with Crippen molar-refractivity contribution in [3.63, 3.8) is 0 Å². The lowest BCUT2D eigenvalue weighted by Gasteiger charge is -2.02. The van der Waals surface area contributed by atoms with Crippen molar-refractivity contribution in [2.24, 2.45) is 0 Å². The van der Waals surface area contributed by atoms with Crippen molar-refractivity contribution in [2.75, 3.05) is 6.61 Å². The van der Waals surface area contributed by atoms with Crippen molar-refractivity contribution >= 4 is 15.9 Å². The quantitative estimate of drug-likeness (QED) is 0.700. The second-order valence-corrected chi connectivity index (χ2v) is 3.57. The average Bonchev–Trinajstić information content (AvgIpc) is 2.25. The summed E-state index contributed by atoms with van der Waals surface area (Å²) in [5.74, 6) is 0. The van der Waals surface area contributed by atoms with E-state index in [1.807, 2.05) is 23.2 Å². The first-order valence-corrected chi connectivity index (χ1v) is 5.72. The molecule has 1 aromatic carbocycles. The Morgan fingerprint density at radius 2 is 2.00 bits per heavy atom. The van der Waals surface area contributed by atoms with Gasteiger partial charge in [-0.25, -0.2) is 0 Å². The van der Waals surface area contributed by atoms with Gasteiger partial charge >= 0.3 is 0 Å². The van der Waals surface area contributed by atoms with Crippen LogP contribution in [0.1, 0.15) is 18.4 Å². The molecule has 0 amide bonds. The van der Waals surface area contributed by atoms with Crippen LogP contribution < -0.4 is 0 Å². The second kappa shape index (κ2) is 7.77. The molecular formula is C12H15BrO. The molecule has 1 aromatic rings. The zero-order chi connectivity index (χ0) is 10.1. The third kappa shape index (κ3) is 5.20. The highest BCUT2D eigenvalue weighted by molar-refractivity contribution is 9.11. The summed E-state index contributed by atoms with van der Waals surface area (Å²) in [5.41, 5.74) is 1.24. The summed E-state index contributed by atoms with van der Waals surface area (Å²) in [5, 5.41) is 0. The molecule has 0 saturated carbocycles. The summed E-state index contributed by atoms with van der Waals surface area (Å²) in [4.78, 5) is 1.89. The van der Waals surface area contributed by atoms with E-state index in [0.717, 1.165) is 26.1 Å². The Morgan fingerprint density at radius 1 is 1.21 bits per heavy atom. The summed E-state index contributed by atoms with van der Waals surface area (Å²) < 4.78 is 5.52. The molecule has 1 nitrogen and oxygen atoms in total. The topological polar surface area (TPSA) is 9.23 Å². The number of halogens is 1. The number of benzene rings is 1. The lowest BCUT2D eigenvalue weighted by atomic mass is 10.2. The molecule has 0 bridgehead atoms. The summed E-state index contributed by atoms with van der Waals surface area (Å²) in [7, 11) is 0. The van der Waals surface area contributed by atoms with Crippen LogP contribution in [0.4, 0.5) is 0 Å². The van der Waals surface area contributed by atoms with Gasteiger partial charge in [0.05, 0.1) is 6.61 Å². The standard InChI is InChI=1S/C12H15BrO/c13-9-5-2-6-10-14-11-12-7-3-1-4-8-12/h1,3-5,7-9H,2,6,10-11H2/b9-5+. The van der Waals surface area contributed by atoms with Crippen molar-refractivity contribution in [1.82, 2.24) is 0 Å². The van der Waals surface area contributed by atoms with Crippen molar-refractivity contribution in [2.45, 2.75) is 19.4 Å². The molecule has 0 unspecified atom stereocenters. The van der Waals surface area contributed by atoms with Crippen LogP contribution >= 0.6 is 15.9 Å². The van der Waals surface area contributed by atoms with Gasteiger partial charge in [0.2, 0.25) is 0 Å². The Morgan fingerprint density at radius 3 is 2.71 bits per heavy atom. The Labute approximate surface area is 93.9 Å². The molecule has 14 heavy (non-hydrogen) atoms. The molecule has 0 aliphatic heterocycles. The van der Waals surface area contributed by atoms with Gasteiger partial charge in [-0.05, 0) is 23.4 Å². The van der Waals surface area contributed by atoms with E-state index in [9.17, 15) is 0 Å². The van der Waals surface area contributed by atoms with E-state index < -0.39 is 0 Å². The Bertz CT molecular complexity index is 256. The molecule has 0 aromatic heterocycles. The summed E-state index contributed by atoms with van der Waals surface area (Å²) in [6.45, 7) is 1.55. The SMILES string of the molecule is Br/C=C/CCCOCc1ccccc1. The highest BCUT2D eigenvalue weighted by Gasteiger charge is 1.90. The molecule has 0 fully saturated rings. The molecule has 0 saturated heterocycles. The normalized spacial score (nSPS) is 10.9. The van der Waals surface area contributed by atoms with E-state index in [0.29, 0.717) is 0 Å². The fourth-order valence-electron chi connectivity index (χ4n) is 1.13. The van der Waals surface area contributed by atoms with Gasteiger partial charge in [-0.15, -0.1) is 0 Å². The largest absolute Gasteiger partial charge is 0.377 e. The number of allylic oxidation sites excluding steroid dienone is 1. The second-order valence-electron chi connectivity index (χ2n) is 3.04. The van der Waals surface area contributed by atoms with Gasteiger partial charge < -0.3 is 4.74 Å². The van der Waals surface area contributed by atoms with Gasteiger partial charge in [0.1, 0.15) is 0 Å². The molecule has 0 aliphatic rings. The maximum absolute atomic E-state index is 5.52. The first-order valence-electron chi connectivity index (χ1n) is 4.80. The molecular weight excluding hydrogens is 240 g/mol. The van der Waals surface area contributed by atoms with Crippen LogP contribution in [0.15, 0.2) is 41.4 Å². The zero-order valence-corrected chi connectivity index (χ0v) is 9.74. The minimum Gasteiger partial charge on any atom is -0.377 e. The van der Waals surface area contributed by atoms with E-state index in [4.69, 9.17) is 4.74 Å². The number of rotatable bonds is 6. The van der Waals surface area contributed by atoms with E-state index in [-0.39, 0.29) is 0 Å². The van der Waals surface area contributed by atoms with Crippen LogP contribution in [0.25, 0.3) is 0 Å². The predicted molar refractivity (Wildman–Crippen MR) is 63.4 cm³/mol. The Balaban J connectivity index is 2.05. The van der Waals surface area contributed by atoms with Gasteiger partial charge in [-0.3, -0.25) is 0 Å². The van der Waals surface area contributed by atoms with Gasteiger partial charge in [-0.2, -0.15) is 0 Å². The van der Waals surface area contributed by atoms with Crippen molar-refractivity contribution < 1.29 is 4.74 Å². The third-order valence-electron chi connectivity index (χ3n) is 1.86. The zero-order valence-electron chi connectivity index (χ0n) is 8.16. The molecule has 2 heteroatoms. The highest BCUT2D eigenvalue weighted by atomic mass is 79.9. The van der Waals surface area contributed by atoms with Gasteiger partial charge in [0, 0.05) is 6.61 Å². The first-order chi connectivity index (χ1) is 6.93. The summed E-state index contributed by atoms with van der Waals surface area (Å²) in [6.07, 6.45) is 4.24. The monoisotopic (exact) mass is 254 g/mol. The molecule has 0 atom stereocenters. The fourth-order valence-corrected chi connectivity index (χ4v) is 1.39. The number of hydrogen-bond donors (Lipinski definition) is 0. The minimum atomic E-state index is 0.721. The van der Waals surface area contributed by atoms with Gasteiger partial charge in [0.25, 0.3) is 0 Å². The lowest BCUT2D eigenvalue weighted by molar-refractivity contribution is 0.119. The van der Waals surface area contributed by atoms with Crippen molar-refractivity contribution in [3.05, 3.63) is 47.0 Å². The number of ether oxygens (including phenoxy) is 1. The molecule has 0 radical (unpaired) electrons. The number of hydrogen-bond acceptors (Lipinski definition) is 1. The molecule has 0 aliphatic carbocycles. The van der Waals surface area contributed by atoms with E-state index in [2.05, 4.69) is 34.1 Å². The van der Waals surface area contributed by atoms with Crippen LogP contribution in [0, 0.1) is 0 Å². The van der Waals surface area contributed by atoms with Gasteiger partial charge in [-0.1, -0.05) is 52.3 Å². The smallest absolute Gasteiger partial charge is 0.0716 e. The van der Waals surface area contributed by atoms with Gasteiger partial charge in [0.15, 0.2) is 0 Å². The highest BCUT2D eigenvalue weighted by Crippen LogP contribution is 2.01. The molecule has 0 spiro atoms. The fraction of sp³-hybridized carbons (Fsp3) is 0.333.